The number of carbonyl (C=O) groups excluding carboxylic acids is 1. The third-order valence-electron chi connectivity index (χ3n) is 1.61. The van der Waals surface area contributed by atoms with Crippen molar-refractivity contribution in [3.63, 3.8) is 0 Å². The summed E-state index contributed by atoms with van der Waals surface area (Å²) in [5, 5.41) is 0. The lowest BCUT2D eigenvalue weighted by Gasteiger charge is -2.18. The Labute approximate surface area is 85.0 Å². The lowest BCUT2D eigenvalue weighted by molar-refractivity contribution is 0.108. The van der Waals surface area contributed by atoms with E-state index < -0.39 is 0 Å². The Hall–Kier alpha value is -0.440. The van der Waals surface area contributed by atoms with E-state index in [2.05, 4.69) is 6.92 Å². The van der Waals surface area contributed by atoms with Crippen molar-refractivity contribution in [1.82, 2.24) is 4.90 Å². The Kier molecular flexibility index (Phi) is 7.90. The van der Waals surface area contributed by atoms with E-state index in [0.717, 1.165) is 19.3 Å². The fourth-order valence-electron chi connectivity index (χ4n) is 0.829. The molecule has 3 nitrogen and oxygen atoms in total. The molecule has 0 atom stereocenters. The molecule has 0 aromatic carbocycles. The number of carbonyl (C=O) groups is 1. The van der Waals surface area contributed by atoms with Crippen molar-refractivity contribution in [3.05, 3.63) is 0 Å². The van der Waals surface area contributed by atoms with Gasteiger partial charge in [0.1, 0.15) is 0 Å². The first-order valence-electron chi connectivity index (χ1n) is 4.73. The summed E-state index contributed by atoms with van der Waals surface area (Å²) in [6.07, 6.45) is 2.56. The predicted molar refractivity (Wildman–Crippen MR) is 54.0 cm³/mol. The summed E-state index contributed by atoms with van der Waals surface area (Å²) >= 11 is 5.60. The van der Waals surface area contributed by atoms with Crippen LogP contribution in [0, 0.1) is 0 Å². The van der Waals surface area contributed by atoms with Gasteiger partial charge in [-0.2, -0.15) is 0 Å². The molecule has 0 aliphatic carbocycles. The highest BCUT2D eigenvalue weighted by molar-refractivity contribution is 6.18. The van der Waals surface area contributed by atoms with Crippen molar-refractivity contribution in [1.29, 1.82) is 0 Å². The topological polar surface area (TPSA) is 29.5 Å². The SMILES string of the molecule is CCCCN(CCl)C(=O)OCCC. The highest BCUT2D eigenvalue weighted by atomic mass is 35.5. The van der Waals surface area contributed by atoms with E-state index in [1.165, 1.54) is 4.90 Å². The first-order chi connectivity index (χ1) is 6.26. The summed E-state index contributed by atoms with van der Waals surface area (Å²) in [5.74, 6) is 0. The van der Waals surface area contributed by atoms with Crippen LogP contribution < -0.4 is 0 Å². The van der Waals surface area contributed by atoms with E-state index in [4.69, 9.17) is 16.3 Å². The molecule has 0 aromatic heterocycles. The van der Waals surface area contributed by atoms with Crippen molar-refractivity contribution in [3.8, 4) is 0 Å². The molecule has 0 aliphatic rings. The van der Waals surface area contributed by atoms with Crippen molar-refractivity contribution >= 4 is 17.7 Å². The van der Waals surface area contributed by atoms with E-state index in [0.29, 0.717) is 13.2 Å². The number of alkyl halides is 1. The molecule has 0 aliphatic heterocycles. The first kappa shape index (κ1) is 12.6. The van der Waals surface area contributed by atoms with Crippen LogP contribution in [0.15, 0.2) is 0 Å². The molecule has 0 heterocycles. The summed E-state index contributed by atoms with van der Waals surface area (Å²) in [5.41, 5.74) is 0. The Morgan fingerprint density at radius 2 is 2.08 bits per heavy atom. The van der Waals surface area contributed by atoms with E-state index in [9.17, 15) is 4.79 Å². The largest absolute Gasteiger partial charge is 0.449 e. The number of halogens is 1. The molecule has 0 fully saturated rings. The van der Waals surface area contributed by atoms with Gasteiger partial charge in [-0.25, -0.2) is 4.79 Å². The normalized spacial score (nSPS) is 9.77. The Morgan fingerprint density at radius 1 is 1.38 bits per heavy atom. The molecule has 0 spiro atoms. The summed E-state index contributed by atoms with van der Waals surface area (Å²) < 4.78 is 4.94. The predicted octanol–water partition coefficient (Wildman–Crippen LogP) is 2.83. The van der Waals surface area contributed by atoms with Crippen LogP contribution in [0.1, 0.15) is 33.1 Å². The Balaban J connectivity index is 3.71. The average Bonchev–Trinajstić information content (AvgIpc) is 2.16. The van der Waals surface area contributed by atoms with Crippen molar-refractivity contribution in [2.45, 2.75) is 33.1 Å². The molecule has 0 unspecified atom stereocenters. The molecule has 13 heavy (non-hydrogen) atoms. The minimum Gasteiger partial charge on any atom is -0.449 e. The van der Waals surface area contributed by atoms with Gasteiger partial charge >= 0.3 is 6.09 Å². The summed E-state index contributed by atoms with van der Waals surface area (Å²) in [6, 6.07) is 0.211. The third kappa shape index (κ3) is 5.75. The van der Waals surface area contributed by atoms with Gasteiger partial charge < -0.3 is 4.74 Å². The van der Waals surface area contributed by atoms with Crippen LogP contribution >= 0.6 is 11.6 Å². The fourth-order valence-corrected chi connectivity index (χ4v) is 1.05. The van der Waals surface area contributed by atoms with Crippen LogP contribution in [0.3, 0.4) is 0 Å². The number of amides is 1. The highest BCUT2D eigenvalue weighted by Gasteiger charge is 2.11. The van der Waals surface area contributed by atoms with Gasteiger partial charge in [0.15, 0.2) is 0 Å². The van der Waals surface area contributed by atoms with Gasteiger partial charge in [0.05, 0.1) is 12.6 Å². The summed E-state index contributed by atoms with van der Waals surface area (Å²) in [7, 11) is 0. The van der Waals surface area contributed by atoms with Gasteiger partial charge in [0.2, 0.25) is 0 Å². The second-order valence-corrected chi connectivity index (χ2v) is 3.09. The molecule has 4 heteroatoms. The van der Waals surface area contributed by atoms with Crippen LogP contribution in [0.5, 0.6) is 0 Å². The van der Waals surface area contributed by atoms with Gasteiger partial charge in [0, 0.05) is 6.54 Å². The molecular formula is C9H18ClNO2. The number of hydrogen-bond acceptors (Lipinski definition) is 2. The van der Waals surface area contributed by atoms with Crippen molar-refractivity contribution in [2.24, 2.45) is 0 Å². The van der Waals surface area contributed by atoms with Crippen LogP contribution in [0.25, 0.3) is 0 Å². The number of unbranched alkanes of at least 4 members (excludes halogenated alkanes) is 1. The number of nitrogens with zero attached hydrogens (tertiary/aromatic N) is 1. The highest BCUT2D eigenvalue weighted by Crippen LogP contribution is 2.00. The Morgan fingerprint density at radius 3 is 2.54 bits per heavy atom. The summed E-state index contributed by atoms with van der Waals surface area (Å²) in [4.78, 5) is 12.8. The molecule has 0 rings (SSSR count). The van der Waals surface area contributed by atoms with Gasteiger partial charge in [-0.1, -0.05) is 20.3 Å². The van der Waals surface area contributed by atoms with E-state index >= 15 is 0 Å². The van der Waals surface area contributed by atoms with Crippen LogP contribution in [-0.2, 0) is 4.74 Å². The minimum absolute atomic E-state index is 0.211. The minimum atomic E-state index is -0.301. The van der Waals surface area contributed by atoms with Crippen molar-refractivity contribution in [2.75, 3.05) is 19.2 Å². The molecule has 0 saturated carbocycles. The van der Waals surface area contributed by atoms with Gasteiger partial charge in [-0.05, 0) is 12.8 Å². The fraction of sp³-hybridized carbons (Fsp3) is 0.889. The van der Waals surface area contributed by atoms with Gasteiger partial charge in [-0.3, -0.25) is 4.90 Å². The van der Waals surface area contributed by atoms with Crippen molar-refractivity contribution < 1.29 is 9.53 Å². The molecule has 0 saturated heterocycles. The maximum absolute atomic E-state index is 11.3. The van der Waals surface area contributed by atoms with Crippen LogP contribution in [0.2, 0.25) is 0 Å². The molecule has 1 amide bonds. The lowest BCUT2D eigenvalue weighted by atomic mass is 10.3. The second kappa shape index (κ2) is 8.17. The number of rotatable bonds is 6. The number of hydrogen-bond donors (Lipinski definition) is 0. The molecule has 0 N–H and O–H groups in total. The zero-order valence-electron chi connectivity index (χ0n) is 8.38. The first-order valence-corrected chi connectivity index (χ1v) is 5.27. The summed E-state index contributed by atoms with van der Waals surface area (Å²) in [6.45, 7) is 5.19. The zero-order valence-corrected chi connectivity index (χ0v) is 9.14. The second-order valence-electron chi connectivity index (χ2n) is 2.85. The maximum Gasteiger partial charge on any atom is 0.410 e. The smallest absolute Gasteiger partial charge is 0.410 e. The van der Waals surface area contributed by atoms with E-state index in [-0.39, 0.29) is 12.1 Å². The van der Waals surface area contributed by atoms with Gasteiger partial charge in [0.25, 0.3) is 0 Å². The zero-order chi connectivity index (χ0) is 10.1. The molecular weight excluding hydrogens is 190 g/mol. The molecule has 0 bridgehead atoms. The van der Waals surface area contributed by atoms with Gasteiger partial charge in [-0.15, -0.1) is 11.6 Å². The molecule has 78 valence electrons. The van der Waals surface area contributed by atoms with E-state index in [1.807, 2.05) is 6.92 Å². The standard InChI is InChI=1S/C9H18ClNO2/c1-3-5-6-11(8-10)9(12)13-7-4-2/h3-8H2,1-2H3. The van der Waals surface area contributed by atoms with Crippen LogP contribution in [0.4, 0.5) is 4.79 Å². The maximum atomic E-state index is 11.3. The molecule has 0 radical (unpaired) electrons. The molecule has 0 aromatic rings. The quantitative estimate of drug-likeness (QED) is 0.495. The third-order valence-corrected chi connectivity index (χ3v) is 1.90. The average molecular weight is 208 g/mol. The monoisotopic (exact) mass is 207 g/mol. The van der Waals surface area contributed by atoms with Crippen LogP contribution in [-0.4, -0.2) is 30.1 Å². The number of ether oxygens (including phenoxy) is 1. The lowest BCUT2D eigenvalue weighted by Crippen LogP contribution is -2.31. The Bertz CT molecular complexity index is 142. The van der Waals surface area contributed by atoms with E-state index in [1.54, 1.807) is 0 Å².